The number of nitrogens with two attached hydrogens (primary N) is 3. The molecule has 1 aliphatic heterocycles. The molecule has 0 spiro atoms. The van der Waals surface area contributed by atoms with Crippen LogP contribution in [-0.4, -0.2) is 233 Å². The first-order valence-electron chi connectivity index (χ1n) is 35.5. The van der Waals surface area contributed by atoms with Crippen LogP contribution in [0.25, 0.3) is 10.9 Å². The molecule has 2 aromatic carbocycles. The van der Waals surface area contributed by atoms with Crippen LogP contribution in [0.5, 0.6) is 5.75 Å². The zero-order valence-electron chi connectivity index (χ0n) is 61.4. The number of phenolic OH excluding ortho intramolecular Hbond substituents is 1. The predicted molar refractivity (Wildman–Crippen MR) is 398 cm³/mol. The molecular weight excluding hydrogens is 1440 g/mol. The Morgan fingerprint density at radius 1 is 0.615 bits per heavy atom. The van der Waals surface area contributed by atoms with Crippen molar-refractivity contribution >= 4 is 111 Å². The number of nitrogens with zero attached hydrogens (tertiary/aromatic N) is 3. The van der Waals surface area contributed by atoms with Crippen LogP contribution in [-0.2, 0) is 92.8 Å². The fourth-order valence-electron chi connectivity index (χ4n) is 11.8. The van der Waals surface area contributed by atoms with E-state index in [-0.39, 0.29) is 87.8 Å². The number of primary amides is 1. The van der Waals surface area contributed by atoms with E-state index < -0.39 is 175 Å². The Kier molecular flexibility index (Phi) is 33.7. The quantitative estimate of drug-likeness (QED) is 0.0101. The number of rotatable bonds is 44. The summed E-state index contributed by atoms with van der Waals surface area (Å²) in [5.74, 6) is -13.3. The standard InChI is InChI=1S/C70H100N22O16S/c1-36(2)23-53(69(107)108)90-63(101)49(26-41-30-75-34-81-41)84-57(96)33-80-67(105)58(37(3)4)91-59(97)38(5)83-62(100)48(25-40-29-78-46-12-8-7-11-44(40)46)87-64(102)50(27-42-31-76-35-82-42)88-65(103)51(28-55(72)94)85-56(95)32-79-61(99)47(13-9-20-77-70(73)74)86-66(104)54-14-10-21-92(54)68(106)52(24-39-15-17-43(93)18-16-39)89-60(98)45(71)19-22-109-6/h7-8,11-12,15-18,29-31,34-38,45,47-54,58,78,93H,9-10,13-14,19-28,32-33,71H2,1-6H3,(H2,72,94)(H,75,81)(H,76,82)(H,79,99)(H,80,105)(H,83,100)(H,84,96)(H,85,95)(H,86,104)(H,87,102)(H,88,103)(H,89,98)(H,90,101)(H,91,97)(H,107,108)(H4,73,74,77). The Morgan fingerprint density at radius 2 is 1.18 bits per heavy atom. The molecule has 38 nitrogen and oxygen atoms in total. The number of H-pyrrole nitrogens is 3. The number of amides is 13. The van der Waals surface area contributed by atoms with Gasteiger partial charge in [-0.2, -0.15) is 11.8 Å². The van der Waals surface area contributed by atoms with Crippen molar-refractivity contribution < 1.29 is 77.3 Å². The third-order valence-corrected chi connectivity index (χ3v) is 18.2. The predicted octanol–water partition coefficient (Wildman–Crippen LogP) is -3.80. The van der Waals surface area contributed by atoms with Crippen molar-refractivity contribution in [2.75, 3.05) is 38.2 Å². The number of thioether (sulfide) groups is 1. The van der Waals surface area contributed by atoms with Gasteiger partial charge in [0.2, 0.25) is 76.8 Å². The molecule has 4 heterocycles. The second-order valence-electron chi connectivity index (χ2n) is 27.1. The molecule has 5 aromatic rings. The van der Waals surface area contributed by atoms with Crippen molar-refractivity contribution in [3.05, 3.63) is 102 Å². The lowest BCUT2D eigenvalue weighted by atomic mass is 10.0. The van der Waals surface area contributed by atoms with Crippen molar-refractivity contribution in [3.8, 4) is 5.75 Å². The van der Waals surface area contributed by atoms with Crippen LogP contribution in [0.3, 0.4) is 0 Å². The van der Waals surface area contributed by atoms with Gasteiger partial charge in [0.1, 0.15) is 66.2 Å². The minimum absolute atomic E-state index is 0.0290. The third kappa shape index (κ3) is 27.9. The van der Waals surface area contributed by atoms with Gasteiger partial charge in [-0.1, -0.05) is 58.0 Å². The number of carboxylic acid groups (broad SMARTS) is 1. The van der Waals surface area contributed by atoms with E-state index in [0.29, 0.717) is 46.3 Å². The number of carboxylic acids is 1. The Balaban J connectivity index is 1.14. The zero-order valence-corrected chi connectivity index (χ0v) is 62.2. The number of likely N-dealkylation sites (tertiary alicyclic amines) is 1. The Morgan fingerprint density at radius 3 is 1.76 bits per heavy atom. The highest BCUT2D eigenvalue weighted by Gasteiger charge is 2.41. The summed E-state index contributed by atoms with van der Waals surface area (Å²) in [6.45, 7) is 6.65. The van der Waals surface area contributed by atoms with Crippen molar-refractivity contribution in [1.82, 2.24) is 93.6 Å². The zero-order chi connectivity index (χ0) is 80.0. The molecule has 0 aliphatic carbocycles. The molecule has 0 bridgehead atoms. The fraction of sp³-hybridized carbons (Fsp3) is 0.500. The lowest BCUT2D eigenvalue weighted by Gasteiger charge is -2.30. The maximum Gasteiger partial charge on any atom is 0.326 e. The van der Waals surface area contributed by atoms with Crippen LogP contribution in [0.2, 0.25) is 0 Å². The highest BCUT2D eigenvalue weighted by Crippen LogP contribution is 2.23. The first-order chi connectivity index (χ1) is 51.8. The number of hydrogen-bond donors (Lipinski definition) is 21. The monoisotopic (exact) mass is 1540 g/mol. The number of phenols is 1. The average molecular weight is 1540 g/mol. The summed E-state index contributed by atoms with van der Waals surface area (Å²) in [5.41, 5.74) is 19.6. The number of carbonyl (C=O) groups excluding carboxylic acids is 13. The summed E-state index contributed by atoms with van der Waals surface area (Å²) in [5, 5.41) is 58.5. The summed E-state index contributed by atoms with van der Waals surface area (Å²) < 4.78 is 0. The summed E-state index contributed by atoms with van der Waals surface area (Å²) in [6, 6.07) is -2.00. The molecule has 3 aromatic heterocycles. The molecule has 0 saturated carbocycles. The van der Waals surface area contributed by atoms with Crippen molar-refractivity contribution in [1.29, 1.82) is 5.41 Å². The first kappa shape index (κ1) is 86.3. The van der Waals surface area contributed by atoms with Crippen LogP contribution in [0.15, 0.2) is 79.8 Å². The summed E-state index contributed by atoms with van der Waals surface area (Å²) in [6.07, 6.45) is 8.30. The Hall–Kier alpha value is -11.6. The normalized spacial score (nSPS) is 15.3. The lowest BCUT2D eigenvalue weighted by molar-refractivity contribution is -0.142. The van der Waals surface area contributed by atoms with Gasteiger partial charge >= 0.3 is 5.97 Å². The highest BCUT2D eigenvalue weighted by atomic mass is 32.2. The number of aliphatic carboxylic acids is 1. The Labute approximate surface area is 632 Å². The molecule has 0 radical (unpaired) electrons. The number of aromatic amines is 3. The minimum Gasteiger partial charge on any atom is -0.508 e. The number of para-hydroxylation sites is 1. The molecule has 1 saturated heterocycles. The second kappa shape index (κ2) is 42.6. The number of benzene rings is 2. The number of aromatic hydroxyl groups is 1. The van der Waals surface area contributed by atoms with Crippen LogP contribution >= 0.6 is 11.8 Å². The second-order valence-corrected chi connectivity index (χ2v) is 28.1. The Bertz CT molecular complexity index is 3970. The first-order valence-corrected chi connectivity index (χ1v) is 36.9. The molecule has 592 valence electrons. The van der Waals surface area contributed by atoms with Gasteiger partial charge in [-0.3, -0.25) is 67.7 Å². The number of fused-ring (bicyclic) bond motifs is 1. The van der Waals surface area contributed by atoms with Gasteiger partial charge in [0.05, 0.1) is 49.6 Å². The number of imidazole rings is 2. The van der Waals surface area contributed by atoms with Crippen molar-refractivity contribution in [2.24, 2.45) is 29.0 Å². The lowest BCUT2D eigenvalue weighted by Crippen LogP contribution is -2.60. The maximum atomic E-state index is 14.8. The van der Waals surface area contributed by atoms with E-state index in [1.807, 2.05) is 6.26 Å². The fourth-order valence-corrected chi connectivity index (χ4v) is 12.3. The topological polar surface area (TPSA) is 602 Å². The summed E-state index contributed by atoms with van der Waals surface area (Å²) >= 11 is 1.48. The molecule has 6 rings (SSSR count). The molecule has 24 N–H and O–H groups in total. The molecular formula is C70H100N22O16S. The largest absolute Gasteiger partial charge is 0.508 e. The average Bonchev–Trinajstić information content (AvgIpc) is 1.75. The molecule has 1 aliphatic rings. The number of carbonyl (C=O) groups is 14. The third-order valence-electron chi connectivity index (χ3n) is 17.6. The molecule has 109 heavy (non-hydrogen) atoms. The van der Waals surface area contributed by atoms with Crippen LogP contribution in [0.4, 0.5) is 0 Å². The molecule has 13 amide bonds. The summed E-state index contributed by atoms with van der Waals surface area (Å²) in [4.78, 5) is 211. The van der Waals surface area contributed by atoms with E-state index in [2.05, 4.69) is 88.7 Å². The van der Waals surface area contributed by atoms with Crippen molar-refractivity contribution in [2.45, 2.75) is 172 Å². The van der Waals surface area contributed by atoms with E-state index in [1.54, 1.807) is 70.3 Å². The SMILES string of the molecule is CSCCC(N)C(=O)NC(Cc1ccc(O)cc1)C(=O)N1CCCC1C(=O)NC(CCCNC(=N)N)C(=O)NCC(=O)NC(CC(N)=O)C(=O)NC(Cc1c[nH]cn1)C(=O)NC(Cc1c[nH]c2ccccc12)C(=O)NC(C)C(=O)NC(C(=O)NCC(=O)NC(Cc1c[nH]cn1)C(=O)NC(CC(C)C)C(=O)O)C(C)C. The van der Waals surface area contributed by atoms with Gasteiger partial charge in [-0.25, -0.2) is 14.8 Å². The number of guanidine groups is 1. The number of hydrogen-bond acceptors (Lipinski definition) is 20. The van der Waals surface area contributed by atoms with Gasteiger partial charge in [0.25, 0.3) is 0 Å². The van der Waals surface area contributed by atoms with Gasteiger partial charge in [0, 0.05) is 68.3 Å². The number of aromatic nitrogens is 5. The van der Waals surface area contributed by atoms with Crippen LogP contribution in [0, 0.1) is 17.2 Å². The molecule has 11 atom stereocenters. The number of nitrogens with one attached hydrogen (secondary N) is 16. The van der Waals surface area contributed by atoms with E-state index >= 15 is 0 Å². The van der Waals surface area contributed by atoms with Gasteiger partial charge in [0.15, 0.2) is 5.96 Å². The van der Waals surface area contributed by atoms with Gasteiger partial charge in [-0.15, -0.1) is 0 Å². The maximum absolute atomic E-state index is 14.8. The van der Waals surface area contributed by atoms with E-state index in [1.165, 1.54) is 60.8 Å². The van der Waals surface area contributed by atoms with E-state index in [9.17, 15) is 77.3 Å². The van der Waals surface area contributed by atoms with Gasteiger partial charge < -0.3 is 111 Å². The molecule has 11 unspecified atom stereocenters. The molecule has 39 heteroatoms. The van der Waals surface area contributed by atoms with Gasteiger partial charge in [-0.05, 0) is 98.6 Å². The molecule has 1 fully saturated rings. The van der Waals surface area contributed by atoms with Crippen molar-refractivity contribution in [3.63, 3.8) is 0 Å². The van der Waals surface area contributed by atoms with E-state index in [4.69, 9.17) is 22.6 Å². The smallest absolute Gasteiger partial charge is 0.326 e. The van der Waals surface area contributed by atoms with Crippen LogP contribution < -0.4 is 81.0 Å². The van der Waals surface area contributed by atoms with Crippen LogP contribution in [0.1, 0.15) is 102 Å². The minimum atomic E-state index is -1.82. The van der Waals surface area contributed by atoms with E-state index in [0.717, 1.165) is 0 Å². The highest BCUT2D eigenvalue weighted by molar-refractivity contribution is 7.98. The summed E-state index contributed by atoms with van der Waals surface area (Å²) in [7, 11) is 0.